The van der Waals surface area contributed by atoms with Gasteiger partial charge in [0.05, 0.1) is 5.56 Å². The van der Waals surface area contributed by atoms with Gasteiger partial charge in [0, 0.05) is 23.5 Å². The Morgan fingerprint density at radius 3 is 2.36 bits per heavy atom. The predicted octanol–water partition coefficient (Wildman–Crippen LogP) is 6.03. The van der Waals surface area contributed by atoms with Gasteiger partial charge in [-0.3, -0.25) is 4.79 Å². The summed E-state index contributed by atoms with van der Waals surface area (Å²) in [4.78, 5) is 13.6. The summed E-state index contributed by atoms with van der Waals surface area (Å²) in [6, 6.07) is 18.0. The van der Waals surface area contributed by atoms with E-state index in [1.807, 2.05) is 42.5 Å². The molecule has 0 heterocycles. The molecule has 1 amide bonds. The Kier molecular flexibility index (Phi) is 7.26. The van der Waals surface area contributed by atoms with Gasteiger partial charge in [-0.25, -0.2) is 0 Å². The van der Waals surface area contributed by atoms with Crippen LogP contribution in [0.3, 0.4) is 0 Å². The van der Waals surface area contributed by atoms with Crippen LogP contribution in [-0.4, -0.2) is 16.6 Å². The van der Waals surface area contributed by atoms with Crippen LogP contribution >= 0.6 is 0 Å². The lowest BCUT2D eigenvalue weighted by Gasteiger charge is -2.38. The second kappa shape index (κ2) is 10.2. The Bertz CT molecular complexity index is 1240. The van der Waals surface area contributed by atoms with Crippen molar-refractivity contribution in [1.29, 1.82) is 0 Å². The number of hydrogen-bond acceptors (Lipinski definition) is 4. The van der Waals surface area contributed by atoms with E-state index in [1.165, 1.54) is 6.07 Å². The van der Waals surface area contributed by atoms with E-state index in [9.17, 15) is 23.1 Å². The summed E-state index contributed by atoms with van der Waals surface area (Å²) in [6.45, 7) is 0. The van der Waals surface area contributed by atoms with Gasteiger partial charge in [-0.05, 0) is 65.8 Å². The normalized spacial score (nSPS) is 16.3. The number of nitrogens with two attached hydrogens (primary N) is 2. The topological polar surface area (TPSA) is 101 Å². The van der Waals surface area contributed by atoms with Crippen LogP contribution in [0.4, 0.5) is 30.2 Å². The van der Waals surface area contributed by atoms with E-state index in [1.54, 1.807) is 6.07 Å². The molecule has 1 unspecified atom stereocenters. The van der Waals surface area contributed by atoms with Crippen molar-refractivity contribution in [2.75, 3.05) is 16.8 Å². The number of hydrogen-bond donors (Lipinski definition) is 4. The van der Waals surface area contributed by atoms with E-state index in [-0.39, 0.29) is 18.0 Å². The lowest BCUT2D eigenvalue weighted by atomic mass is 9.72. The molecular formula is C28H30F3N3O2. The average molecular weight is 498 g/mol. The van der Waals surface area contributed by atoms with E-state index < -0.39 is 28.9 Å². The fourth-order valence-corrected chi connectivity index (χ4v) is 5.06. The van der Waals surface area contributed by atoms with Crippen molar-refractivity contribution in [2.45, 2.75) is 50.3 Å². The number of nitrogens with one attached hydrogen (secondary N) is 1. The molecular weight excluding hydrogens is 467 g/mol. The zero-order valence-electron chi connectivity index (χ0n) is 19.8. The fraction of sp³-hybridized carbons (Fsp3) is 0.321. The van der Waals surface area contributed by atoms with Gasteiger partial charge in [0.2, 0.25) is 0 Å². The number of alkyl halides is 3. The molecule has 36 heavy (non-hydrogen) atoms. The molecule has 5 nitrogen and oxygen atoms in total. The highest BCUT2D eigenvalue weighted by molar-refractivity contribution is 5.98. The van der Waals surface area contributed by atoms with Gasteiger partial charge in [-0.2, -0.15) is 13.2 Å². The number of carbonyl (C=O) groups excluding carboxylic acids is 1. The number of nitrogen functional groups attached to an aromatic ring is 2. The maximum Gasteiger partial charge on any atom is 0.418 e. The molecule has 1 saturated carbocycles. The minimum absolute atomic E-state index is 0.00950. The zero-order chi connectivity index (χ0) is 25.9. The lowest BCUT2D eigenvalue weighted by Crippen LogP contribution is -2.51. The van der Waals surface area contributed by atoms with Gasteiger partial charge in [-0.1, -0.05) is 55.7 Å². The van der Waals surface area contributed by atoms with Gasteiger partial charge >= 0.3 is 6.18 Å². The Balaban J connectivity index is 1.70. The molecule has 8 heteroatoms. The molecule has 6 N–H and O–H groups in total. The third-order valence-corrected chi connectivity index (χ3v) is 6.97. The first-order chi connectivity index (χ1) is 17.1. The van der Waals surface area contributed by atoms with Crippen molar-refractivity contribution in [3.8, 4) is 11.1 Å². The van der Waals surface area contributed by atoms with Crippen LogP contribution in [0.2, 0.25) is 0 Å². The second-order valence-electron chi connectivity index (χ2n) is 9.47. The lowest BCUT2D eigenvalue weighted by molar-refractivity contribution is -0.141. The van der Waals surface area contributed by atoms with Crippen LogP contribution in [0, 0.1) is 5.92 Å². The molecule has 0 aliphatic heterocycles. The smallest absolute Gasteiger partial charge is 0.399 e. The molecule has 3 aromatic carbocycles. The van der Waals surface area contributed by atoms with Crippen LogP contribution in [0.15, 0.2) is 66.7 Å². The quantitative estimate of drug-likeness (QED) is 0.312. The Morgan fingerprint density at radius 1 is 0.944 bits per heavy atom. The first-order valence-electron chi connectivity index (χ1n) is 12.0. The molecule has 0 aromatic heterocycles. The molecule has 1 aliphatic carbocycles. The number of benzene rings is 3. The second-order valence-corrected chi connectivity index (χ2v) is 9.47. The van der Waals surface area contributed by atoms with Crippen molar-refractivity contribution >= 4 is 23.0 Å². The minimum atomic E-state index is -4.67. The van der Waals surface area contributed by atoms with Crippen LogP contribution in [-0.2, 0) is 17.4 Å². The van der Waals surface area contributed by atoms with E-state index in [0.29, 0.717) is 18.5 Å². The summed E-state index contributed by atoms with van der Waals surface area (Å²) in [7, 11) is 0. The number of anilines is 3. The maximum atomic E-state index is 13.6. The molecule has 0 bridgehead atoms. The van der Waals surface area contributed by atoms with E-state index in [2.05, 4.69) is 5.32 Å². The molecule has 190 valence electrons. The average Bonchev–Trinajstić information content (AvgIpc) is 2.85. The number of rotatable bonds is 6. The van der Waals surface area contributed by atoms with Gasteiger partial charge in [0.1, 0.15) is 5.60 Å². The first-order valence-corrected chi connectivity index (χ1v) is 12.0. The predicted molar refractivity (Wildman–Crippen MR) is 136 cm³/mol. The van der Waals surface area contributed by atoms with Crippen LogP contribution < -0.4 is 16.8 Å². The largest absolute Gasteiger partial charge is 0.418 e. The summed E-state index contributed by atoms with van der Waals surface area (Å²) < 4.78 is 40.1. The first kappa shape index (κ1) is 25.6. The number of halogens is 3. The molecule has 1 fully saturated rings. The standard InChI is InChI=1S/C28H30F3N3O2/c29-28(30,31)24-16-22(13-14-25(24)33)34-26(35)27(36,20-9-2-1-3-10-20)17-19-7-4-5-12-23(19)18-8-6-11-21(32)15-18/h4-8,11-16,20,36H,1-3,9-10,17,32-33H2,(H,34,35). The molecule has 1 aliphatic rings. The molecule has 1 atom stereocenters. The molecule has 3 aromatic rings. The summed E-state index contributed by atoms with van der Waals surface area (Å²) in [6.07, 6.45) is -0.591. The van der Waals surface area contributed by atoms with Gasteiger partial charge in [0.15, 0.2) is 0 Å². The number of carbonyl (C=O) groups is 1. The summed E-state index contributed by atoms with van der Waals surface area (Å²) in [5, 5.41) is 14.5. The van der Waals surface area contributed by atoms with Crippen molar-refractivity contribution in [3.05, 3.63) is 77.9 Å². The molecule has 4 rings (SSSR count). The summed E-state index contributed by atoms with van der Waals surface area (Å²) >= 11 is 0. The maximum absolute atomic E-state index is 13.6. The van der Waals surface area contributed by atoms with Crippen molar-refractivity contribution < 1.29 is 23.1 Å². The van der Waals surface area contributed by atoms with Crippen LogP contribution in [0.25, 0.3) is 11.1 Å². The van der Waals surface area contributed by atoms with Crippen LogP contribution in [0.1, 0.15) is 43.2 Å². The summed E-state index contributed by atoms with van der Waals surface area (Å²) in [5.41, 5.74) is 11.1. The molecule has 0 radical (unpaired) electrons. The highest BCUT2D eigenvalue weighted by atomic mass is 19.4. The fourth-order valence-electron chi connectivity index (χ4n) is 5.06. The third kappa shape index (κ3) is 5.49. The van der Waals surface area contributed by atoms with E-state index in [0.717, 1.165) is 48.1 Å². The number of amides is 1. The van der Waals surface area contributed by atoms with E-state index in [4.69, 9.17) is 11.5 Å². The van der Waals surface area contributed by atoms with E-state index >= 15 is 0 Å². The Labute approximate surface area is 208 Å². The molecule has 0 saturated heterocycles. The van der Waals surface area contributed by atoms with Gasteiger partial charge in [0.25, 0.3) is 5.91 Å². The van der Waals surface area contributed by atoms with Gasteiger partial charge in [-0.15, -0.1) is 0 Å². The molecule has 0 spiro atoms. The monoisotopic (exact) mass is 497 g/mol. The van der Waals surface area contributed by atoms with Crippen LogP contribution in [0.5, 0.6) is 0 Å². The highest BCUT2D eigenvalue weighted by Gasteiger charge is 2.45. The third-order valence-electron chi connectivity index (χ3n) is 6.97. The Morgan fingerprint density at radius 2 is 1.67 bits per heavy atom. The zero-order valence-corrected chi connectivity index (χ0v) is 19.8. The number of aliphatic hydroxyl groups is 1. The Hall–Kier alpha value is -3.52. The van der Waals surface area contributed by atoms with Crippen molar-refractivity contribution in [3.63, 3.8) is 0 Å². The summed E-state index contributed by atoms with van der Waals surface area (Å²) in [5.74, 6) is -1.06. The van der Waals surface area contributed by atoms with Crippen molar-refractivity contribution in [2.24, 2.45) is 5.92 Å². The van der Waals surface area contributed by atoms with Gasteiger partial charge < -0.3 is 21.9 Å². The highest BCUT2D eigenvalue weighted by Crippen LogP contribution is 2.39. The minimum Gasteiger partial charge on any atom is -0.399 e. The van der Waals surface area contributed by atoms with Crippen molar-refractivity contribution in [1.82, 2.24) is 0 Å². The SMILES string of the molecule is Nc1cccc(-c2ccccc2CC(O)(C(=O)Nc2ccc(N)c(C(F)(F)F)c2)C2CCCCC2)c1.